The predicted molar refractivity (Wildman–Crippen MR) is 84.0 cm³/mol. The average molecular weight is 276 g/mol. The molecule has 1 aliphatic heterocycles. The smallest absolute Gasteiger partial charge is 0.0793 e. The topological polar surface area (TPSA) is 49.5 Å². The standard InChI is InChI=1S/C17H28N2O/c1-13-10-14(2)16(15(3)11-13)4-7-19-8-5-17(20,12-18)6-9-19/h10-11,20H,4-9,12,18H2,1-3H3. The van der Waals surface area contributed by atoms with E-state index in [0.717, 1.165) is 38.9 Å². The van der Waals surface area contributed by atoms with Gasteiger partial charge < -0.3 is 15.7 Å². The summed E-state index contributed by atoms with van der Waals surface area (Å²) in [6.45, 7) is 9.94. The molecule has 1 saturated heterocycles. The zero-order chi connectivity index (χ0) is 14.8. The molecule has 2 rings (SSSR count). The Morgan fingerprint density at radius 1 is 1.15 bits per heavy atom. The summed E-state index contributed by atoms with van der Waals surface area (Å²) in [5.74, 6) is 0. The molecule has 0 amide bonds. The van der Waals surface area contributed by atoms with Crippen molar-refractivity contribution in [1.82, 2.24) is 4.90 Å². The maximum Gasteiger partial charge on any atom is 0.0793 e. The largest absolute Gasteiger partial charge is 0.388 e. The summed E-state index contributed by atoms with van der Waals surface area (Å²) < 4.78 is 0. The molecule has 1 aliphatic rings. The van der Waals surface area contributed by atoms with Gasteiger partial charge in [0.15, 0.2) is 0 Å². The summed E-state index contributed by atoms with van der Waals surface area (Å²) in [6.07, 6.45) is 2.70. The molecule has 0 aliphatic carbocycles. The molecule has 3 N–H and O–H groups in total. The molecule has 1 fully saturated rings. The molecular formula is C17H28N2O. The zero-order valence-corrected chi connectivity index (χ0v) is 13.1. The van der Waals surface area contributed by atoms with Crippen molar-refractivity contribution in [2.75, 3.05) is 26.2 Å². The monoisotopic (exact) mass is 276 g/mol. The Hall–Kier alpha value is -0.900. The molecular weight excluding hydrogens is 248 g/mol. The fraction of sp³-hybridized carbons (Fsp3) is 0.647. The Morgan fingerprint density at radius 3 is 2.20 bits per heavy atom. The molecule has 1 aromatic carbocycles. The Kier molecular flexibility index (Phi) is 4.84. The minimum atomic E-state index is -0.619. The Morgan fingerprint density at radius 2 is 1.70 bits per heavy atom. The van der Waals surface area contributed by atoms with Gasteiger partial charge in [0.25, 0.3) is 0 Å². The molecule has 0 unspecified atom stereocenters. The maximum atomic E-state index is 10.2. The molecule has 0 atom stereocenters. The molecule has 1 heterocycles. The van der Waals surface area contributed by atoms with Crippen LogP contribution in [0.3, 0.4) is 0 Å². The first-order valence-electron chi connectivity index (χ1n) is 7.65. The zero-order valence-electron chi connectivity index (χ0n) is 13.1. The first kappa shape index (κ1) is 15.5. The molecule has 0 saturated carbocycles. The van der Waals surface area contributed by atoms with Gasteiger partial charge in [-0.25, -0.2) is 0 Å². The third-order valence-electron chi connectivity index (χ3n) is 4.69. The molecule has 112 valence electrons. The van der Waals surface area contributed by atoms with Gasteiger partial charge in [0.1, 0.15) is 0 Å². The van der Waals surface area contributed by atoms with Crippen LogP contribution in [-0.2, 0) is 6.42 Å². The molecule has 20 heavy (non-hydrogen) atoms. The lowest BCUT2D eigenvalue weighted by Gasteiger charge is -2.37. The summed E-state index contributed by atoms with van der Waals surface area (Å²) >= 11 is 0. The van der Waals surface area contributed by atoms with Crippen molar-refractivity contribution in [3.05, 3.63) is 34.4 Å². The lowest BCUT2D eigenvalue weighted by atomic mass is 9.91. The van der Waals surface area contributed by atoms with Crippen molar-refractivity contribution in [3.8, 4) is 0 Å². The highest BCUT2D eigenvalue weighted by atomic mass is 16.3. The highest BCUT2D eigenvalue weighted by molar-refractivity contribution is 5.37. The van der Waals surface area contributed by atoms with E-state index < -0.39 is 5.60 Å². The summed E-state index contributed by atoms with van der Waals surface area (Å²) in [5.41, 5.74) is 10.6. The Bertz CT molecular complexity index is 439. The first-order chi connectivity index (χ1) is 9.43. The van der Waals surface area contributed by atoms with E-state index in [4.69, 9.17) is 5.73 Å². The van der Waals surface area contributed by atoms with Crippen molar-refractivity contribution >= 4 is 0 Å². The molecule has 3 nitrogen and oxygen atoms in total. The van der Waals surface area contributed by atoms with Gasteiger partial charge in [-0.15, -0.1) is 0 Å². The van der Waals surface area contributed by atoms with E-state index in [9.17, 15) is 5.11 Å². The van der Waals surface area contributed by atoms with Crippen molar-refractivity contribution in [3.63, 3.8) is 0 Å². The van der Waals surface area contributed by atoms with Gasteiger partial charge in [-0.1, -0.05) is 17.7 Å². The third kappa shape index (κ3) is 3.60. The van der Waals surface area contributed by atoms with E-state index in [1.807, 2.05) is 0 Å². The predicted octanol–water partition coefficient (Wildman–Crippen LogP) is 1.94. The number of nitrogens with two attached hydrogens (primary N) is 1. The minimum absolute atomic E-state index is 0.386. The van der Waals surface area contributed by atoms with Crippen LogP contribution in [0.5, 0.6) is 0 Å². The van der Waals surface area contributed by atoms with Gasteiger partial charge in [-0.2, -0.15) is 0 Å². The summed E-state index contributed by atoms with van der Waals surface area (Å²) in [7, 11) is 0. The normalized spacial score (nSPS) is 19.2. The lowest BCUT2D eigenvalue weighted by Crippen LogP contribution is -2.49. The summed E-state index contributed by atoms with van der Waals surface area (Å²) in [6, 6.07) is 4.54. The third-order valence-corrected chi connectivity index (χ3v) is 4.69. The Balaban J connectivity index is 1.91. The van der Waals surface area contributed by atoms with Gasteiger partial charge in [0.2, 0.25) is 0 Å². The quantitative estimate of drug-likeness (QED) is 0.883. The number of hydrogen-bond acceptors (Lipinski definition) is 3. The summed E-state index contributed by atoms with van der Waals surface area (Å²) in [5, 5.41) is 10.2. The summed E-state index contributed by atoms with van der Waals surface area (Å²) in [4.78, 5) is 2.45. The Labute approximate surface area is 122 Å². The second kappa shape index (κ2) is 6.25. The number of likely N-dealkylation sites (tertiary alicyclic amines) is 1. The number of rotatable bonds is 4. The second-order valence-corrected chi connectivity index (χ2v) is 6.40. The van der Waals surface area contributed by atoms with Crippen molar-refractivity contribution in [2.24, 2.45) is 5.73 Å². The van der Waals surface area contributed by atoms with Crippen LogP contribution in [0.1, 0.15) is 35.1 Å². The number of hydrogen-bond donors (Lipinski definition) is 2. The molecule has 0 bridgehead atoms. The highest BCUT2D eigenvalue weighted by Crippen LogP contribution is 2.22. The van der Waals surface area contributed by atoms with Gasteiger partial charge in [0.05, 0.1) is 5.60 Å². The van der Waals surface area contributed by atoms with Gasteiger partial charge in [-0.05, 0) is 56.7 Å². The van der Waals surface area contributed by atoms with Gasteiger partial charge in [-0.3, -0.25) is 0 Å². The first-order valence-corrected chi connectivity index (χ1v) is 7.65. The maximum absolute atomic E-state index is 10.2. The van der Waals surface area contributed by atoms with Crippen LogP contribution in [-0.4, -0.2) is 41.8 Å². The molecule has 0 radical (unpaired) electrons. The van der Waals surface area contributed by atoms with Crippen LogP contribution in [0.2, 0.25) is 0 Å². The van der Waals surface area contributed by atoms with Gasteiger partial charge >= 0.3 is 0 Å². The number of aliphatic hydroxyl groups is 1. The number of benzene rings is 1. The van der Waals surface area contributed by atoms with Crippen LogP contribution >= 0.6 is 0 Å². The van der Waals surface area contributed by atoms with Crippen molar-refractivity contribution in [2.45, 2.75) is 45.6 Å². The van der Waals surface area contributed by atoms with E-state index in [1.165, 1.54) is 22.3 Å². The van der Waals surface area contributed by atoms with Crippen LogP contribution in [0, 0.1) is 20.8 Å². The van der Waals surface area contributed by atoms with Crippen LogP contribution in [0.4, 0.5) is 0 Å². The average Bonchev–Trinajstić information content (AvgIpc) is 2.40. The molecule has 1 aromatic rings. The number of piperidine rings is 1. The number of aryl methyl sites for hydroxylation is 3. The van der Waals surface area contributed by atoms with Gasteiger partial charge in [0, 0.05) is 26.2 Å². The SMILES string of the molecule is Cc1cc(C)c(CCN2CCC(O)(CN)CC2)c(C)c1. The van der Waals surface area contributed by atoms with E-state index in [1.54, 1.807) is 0 Å². The number of nitrogens with zero attached hydrogens (tertiary/aromatic N) is 1. The van der Waals surface area contributed by atoms with Crippen LogP contribution < -0.4 is 5.73 Å². The van der Waals surface area contributed by atoms with Crippen molar-refractivity contribution in [1.29, 1.82) is 0 Å². The van der Waals surface area contributed by atoms with E-state index >= 15 is 0 Å². The highest BCUT2D eigenvalue weighted by Gasteiger charge is 2.30. The fourth-order valence-electron chi connectivity index (χ4n) is 3.27. The lowest BCUT2D eigenvalue weighted by molar-refractivity contribution is -0.0131. The van der Waals surface area contributed by atoms with E-state index in [-0.39, 0.29) is 0 Å². The molecule has 0 aromatic heterocycles. The molecule has 0 spiro atoms. The van der Waals surface area contributed by atoms with Crippen LogP contribution in [0.25, 0.3) is 0 Å². The van der Waals surface area contributed by atoms with Crippen molar-refractivity contribution < 1.29 is 5.11 Å². The van der Waals surface area contributed by atoms with Crippen LogP contribution in [0.15, 0.2) is 12.1 Å². The second-order valence-electron chi connectivity index (χ2n) is 6.40. The fourth-order valence-corrected chi connectivity index (χ4v) is 3.27. The molecule has 3 heteroatoms. The van der Waals surface area contributed by atoms with E-state index in [2.05, 4.69) is 37.8 Å². The minimum Gasteiger partial charge on any atom is -0.388 e. The van der Waals surface area contributed by atoms with E-state index in [0.29, 0.717) is 6.54 Å².